The van der Waals surface area contributed by atoms with Crippen LogP contribution in [0.4, 0.5) is 0 Å². The average Bonchev–Trinajstić information content (AvgIpc) is 2.52. The molecule has 1 nitrogen and oxygen atoms in total. The molecule has 0 aliphatic heterocycles. The Morgan fingerprint density at radius 1 is 0.920 bits per heavy atom. The van der Waals surface area contributed by atoms with Crippen LogP contribution >= 0.6 is 0 Å². The highest BCUT2D eigenvalue weighted by molar-refractivity contribution is 5.86. The minimum atomic E-state index is 0.141. The largest absolute Gasteiger partial charge is 0.256 e. The van der Waals surface area contributed by atoms with Crippen molar-refractivity contribution in [3.05, 3.63) is 65.4 Å². The Kier molecular flexibility index (Phi) is 4.69. The molecular weight excluding hydrogens is 302 g/mol. The summed E-state index contributed by atoms with van der Waals surface area (Å²) in [6.45, 7) is 13.5. The lowest BCUT2D eigenvalue weighted by molar-refractivity contribution is 0.590. The summed E-state index contributed by atoms with van der Waals surface area (Å²) in [5, 5.41) is 2.49. The maximum atomic E-state index is 4.73. The molecule has 0 spiro atoms. The highest BCUT2D eigenvalue weighted by atomic mass is 14.7. The summed E-state index contributed by atoms with van der Waals surface area (Å²) in [4.78, 5) is 4.73. The molecule has 2 aromatic carbocycles. The Morgan fingerprint density at radius 3 is 2.36 bits per heavy atom. The van der Waals surface area contributed by atoms with E-state index in [0.29, 0.717) is 5.92 Å². The molecule has 1 heterocycles. The lowest BCUT2D eigenvalue weighted by atomic mass is 9.84. The second kappa shape index (κ2) is 6.63. The Morgan fingerprint density at radius 2 is 1.68 bits per heavy atom. The van der Waals surface area contributed by atoms with Crippen molar-refractivity contribution < 1.29 is 0 Å². The van der Waals surface area contributed by atoms with Crippen LogP contribution in [0.5, 0.6) is 0 Å². The highest BCUT2D eigenvalue weighted by Crippen LogP contribution is 2.30. The van der Waals surface area contributed by atoms with E-state index in [0.717, 1.165) is 12.1 Å². The minimum Gasteiger partial charge on any atom is -0.256 e. The zero-order valence-electron chi connectivity index (χ0n) is 16.4. The lowest BCUT2D eigenvalue weighted by Crippen LogP contribution is -2.11. The summed E-state index contributed by atoms with van der Waals surface area (Å²) in [7, 11) is 0. The second-order valence-corrected chi connectivity index (χ2v) is 8.69. The van der Waals surface area contributed by atoms with E-state index in [1.54, 1.807) is 0 Å². The Hall–Kier alpha value is -2.15. The van der Waals surface area contributed by atoms with Gasteiger partial charge < -0.3 is 0 Å². The quantitative estimate of drug-likeness (QED) is 0.520. The molecule has 0 aliphatic rings. The third-order valence-electron chi connectivity index (χ3n) is 4.67. The van der Waals surface area contributed by atoms with Gasteiger partial charge in [0.2, 0.25) is 0 Å². The van der Waals surface area contributed by atoms with Crippen molar-refractivity contribution >= 4 is 10.8 Å². The Bertz CT molecular complexity index is 898. The summed E-state index contributed by atoms with van der Waals surface area (Å²) >= 11 is 0. The fourth-order valence-corrected chi connectivity index (χ4v) is 3.31. The average molecular weight is 332 g/mol. The van der Waals surface area contributed by atoms with Gasteiger partial charge in [0.15, 0.2) is 0 Å². The third-order valence-corrected chi connectivity index (χ3v) is 4.67. The predicted octanol–water partition coefficient (Wildman–Crippen LogP) is 6.71. The van der Waals surface area contributed by atoms with Crippen LogP contribution in [0.2, 0.25) is 0 Å². The number of aromatic nitrogens is 1. The summed E-state index contributed by atoms with van der Waals surface area (Å²) < 4.78 is 0. The molecule has 1 aromatic heterocycles. The molecule has 0 unspecified atom stereocenters. The smallest absolute Gasteiger partial charge is 0.0708 e. The van der Waals surface area contributed by atoms with Gasteiger partial charge in [0.1, 0.15) is 0 Å². The van der Waals surface area contributed by atoms with Crippen LogP contribution in [0.15, 0.2) is 48.7 Å². The number of aryl methyl sites for hydroxylation is 1. The van der Waals surface area contributed by atoms with Gasteiger partial charge in [-0.05, 0) is 59.4 Å². The van der Waals surface area contributed by atoms with E-state index in [4.69, 9.17) is 4.98 Å². The molecule has 0 N–H and O–H groups in total. The summed E-state index contributed by atoms with van der Waals surface area (Å²) in [5.41, 5.74) is 6.46. The highest BCUT2D eigenvalue weighted by Gasteiger charge is 2.15. The van der Waals surface area contributed by atoms with E-state index in [9.17, 15) is 0 Å². The van der Waals surface area contributed by atoms with Gasteiger partial charge in [-0.1, -0.05) is 64.4 Å². The second-order valence-electron chi connectivity index (χ2n) is 8.69. The zero-order valence-corrected chi connectivity index (χ0v) is 16.4. The Labute approximate surface area is 152 Å². The molecule has 25 heavy (non-hydrogen) atoms. The monoisotopic (exact) mass is 331 g/mol. The van der Waals surface area contributed by atoms with Gasteiger partial charge >= 0.3 is 0 Å². The molecule has 0 aliphatic carbocycles. The SMILES string of the molecule is Cc1cc(-c2cc3cc(CC(C)C)ccc3cn2)cc(C(C)(C)C)c1. The summed E-state index contributed by atoms with van der Waals surface area (Å²) in [6, 6.07) is 15.8. The first-order valence-electron chi connectivity index (χ1n) is 9.23. The summed E-state index contributed by atoms with van der Waals surface area (Å²) in [6.07, 6.45) is 3.12. The van der Waals surface area contributed by atoms with Crippen LogP contribution in [-0.2, 0) is 11.8 Å². The van der Waals surface area contributed by atoms with Crippen LogP contribution in [0.25, 0.3) is 22.0 Å². The maximum absolute atomic E-state index is 4.73. The number of fused-ring (bicyclic) bond motifs is 1. The molecule has 1 heteroatoms. The molecule has 0 amide bonds. The van der Waals surface area contributed by atoms with Crippen molar-refractivity contribution in [1.29, 1.82) is 0 Å². The van der Waals surface area contributed by atoms with Gasteiger partial charge in [0, 0.05) is 17.1 Å². The number of benzene rings is 2. The number of nitrogens with zero attached hydrogens (tertiary/aromatic N) is 1. The van der Waals surface area contributed by atoms with E-state index >= 15 is 0 Å². The molecule has 3 aromatic rings. The van der Waals surface area contributed by atoms with Crippen LogP contribution in [0.1, 0.15) is 51.3 Å². The van der Waals surface area contributed by atoms with Gasteiger partial charge in [0.05, 0.1) is 5.69 Å². The van der Waals surface area contributed by atoms with Crippen LogP contribution in [0.3, 0.4) is 0 Å². The molecule has 0 fully saturated rings. The van der Waals surface area contributed by atoms with Crippen molar-refractivity contribution in [1.82, 2.24) is 4.98 Å². The fourth-order valence-electron chi connectivity index (χ4n) is 3.31. The molecule has 3 rings (SSSR count). The first kappa shape index (κ1) is 17.7. The van der Waals surface area contributed by atoms with Crippen molar-refractivity contribution in [3.8, 4) is 11.3 Å². The summed E-state index contributed by atoms with van der Waals surface area (Å²) in [5.74, 6) is 0.671. The lowest BCUT2D eigenvalue weighted by Gasteiger charge is -2.20. The van der Waals surface area contributed by atoms with Gasteiger partial charge in [0.25, 0.3) is 0 Å². The topological polar surface area (TPSA) is 12.9 Å². The first-order chi connectivity index (χ1) is 11.7. The van der Waals surface area contributed by atoms with Crippen molar-refractivity contribution in [2.75, 3.05) is 0 Å². The number of pyridine rings is 1. The van der Waals surface area contributed by atoms with Gasteiger partial charge in [-0.15, -0.1) is 0 Å². The normalized spacial score (nSPS) is 12.1. The van der Waals surface area contributed by atoms with E-state index in [1.165, 1.54) is 33.0 Å². The molecular formula is C24H29N. The van der Waals surface area contributed by atoms with Crippen LogP contribution in [-0.4, -0.2) is 4.98 Å². The molecule has 0 saturated heterocycles. The standard InChI is InChI=1S/C24H29N/c1-16(2)9-18-7-8-19-15-25-23(14-20(19)12-18)21-10-17(3)11-22(13-21)24(4,5)6/h7-8,10-16H,9H2,1-6H3. The number of hydrogen-bond donors (Lipinski definition) is 0. The van der Waals surface area contributed by atoms with Crippen LogP contribution < -0.4 is 0 Å². The third kappa shape index (κ3) is 4.10. The first-order valence-corrected chi connectivity index (χ1v) is 9.23. The molecule has 0 bridgehead atoms. The minimum absolute atomic E-state index is 0.141. The van der Waals surface area contributed by atoms with Gasteiger partial charge in [-0.3, -0.25) is 4.98 Å². The molecule has 0 saturated carbocycles. The Balaban J connectivity index is 2.08. The van der Waals surface area contributed by atoms with Crippen molar-refractivity contribution in [2.24, 2.45) is 5.92 Å². The molecule has 0 atom stereocenters. The van der Waals surface area contributed by atoms with Gasteiger partial charge in [-0.2, -0.15) is 0 Å². The number of rotatable bonds is 3. The van der Waals surface area contributed by atoms with Gasteiger partial charge in [-0.25, -0.2) is 0 Å². The van der Waals surface area contributed by atoms with E-state index in [1.807, 2.05) is 6.20 Å². The predicted molar refractivity (Wildman–Crippen MR) is 109 cm³/mol. The van der Waals surface area contributed by atoms with E-state index in [-0.39, 0.29) is 5.41 Å². The zero-order chi connectivity index (χ0) is 18.2. The number of hydrogen-bond acceptors (Lipinski definition) is 1. The van der Waals surface area contributed by atoms with Crippen molar-refractivity contribution in [3.63, 3.8) is 0 Å². The molecule has 0 radical (unpaired) electrons. The molecule has 130 valence electrons. The fraction of sp³-hybridized carbons (Fsp3) is 0.375. The van der Waals surface area contributed by atoms with E-state index in [2.05, 4.69) is 84.0 Å². The van der Waals surface area contributed by atoms with E-state index < -0.39 is 0 Å². The van der Waals surface area contributed by atoms with Crippen LogP contribution in [0, 0.1) is 12.8 Å². The van der Waals surface area contributed by atoms with Crippen molar-refractivity contribution in [2.45, 2.75) is 53.4 Å². The maximum Gasteiger partial charge on any atom is 0.0708 e.